The largest absolute Gasteiger partial charge is 0.340 e. The van der Waals surface area contributed by atoms with Crippen molar-refractivity contribution in [3.63, 3.8) is 0 Å². The third kappa shape index (κ3) is 3.51. The highest BCUT2D eigenvalue weighted by atomic mass is 19.1. The highest BCUT2D eigenvalue weighted by Crippen LogP contribution is 2.36. The topological polar surface area (TPSA) is 76.8 Å². The lowest BCUT2D eigenvalue weighted by molar-refractivity contribution is 0.214. The van der Waals surface area contributed by atoms with Crippen molar-refractivity contribution in [2.75, 3.05) is 5.32 Å². The highest BCUT2D eigenvalue weighted by molar-refractivity contribution is 5.83. The van der Waals surface area contributed by atoms with Gasteiger partial charge in [0.15, 0.2) is 0 Å². The minimum Gasteiger partial charge on any atom is -0.340 e. The molecule has 0 atom stereocenters. The summed E-state index contributed by atoms with van der Waals surface area (Å²) in [6, 6.07) is 11.8. The third-order valence-corrected chi connectivity index (χ3v) is 6.36. The molecule has 1 aliphatic carbocycles. The molecule has 168 valence electrons. The Kier molecular flexibility index (Phi) is 4.42. The number of nitrogens with zero attached hydrogens (tertiary/aromatic N) is 4. The van der Waals surface area contributed by atoms with E-state index in [4.69, 9.17) is 0 Å². The number of anilines is 2. The van der Waals surface area contributed by atoms with Crippen LogP contribution in [0.2, 0.25) is 0 Å². The molecule has 33 heavy (non-hydrogen) atoms. The molecule has 3 aromatic heterocycles. The van der Waals surface area contributed by atoms with Crippen LogP contribution in [-0.4, -0.2) is 19.3 Å². The summed E-state index contributed by atoms with van der Waals surface area (Å²) in [6.07, 6.45) is 5.12. The van der Waals surface area contributed by atoms with Crippen molar-refractivity contribution in [1.82, 2.24) is 24.6 Å². The van der Waals surface area contributed by atoms with Crippen molar-refractivity contribution < 1.29 is 4.39 Å². The molecule has 0 bridgehead atoms. The van der Waals surface area contributed by atoms with Crippen LogP contribution in [0.5, 0.6) is 0 Å². The van der Waals surface area contributed by atoms with Gasteiger partial charge in [-0.05, 0) is 62.1 Å². The lowest BCUT2D eigenvalue weighted by Crippen LogP contribution is -2.21. The molecule has 1 aromatic carbocycles. The number of hydrogen-bond donors (Lipinski definition) is 2. The Bertz CT molecular complexity index is 1440. The molecule has 2 N–H and O–H groups in total. The number of hydrogen-bond acceptors (Lipinski definition) is 5. The Hall–Kier alpha value is -3.52. The SMILES string of the molecule is CC(C)(F)c1cc(-n2c3cc(Nc4ccc5c(c4)CNC5)ncc3c(=O)n2C2CC2)ccn1. The molecule has 0 amide bonds. The van der Waals surface area contributed by atoms with Crippen molar-refractivity contribution in [2.24, 2.45) is 0 Å². The molecule has 1 aliphatic heterocycles. The molecule has 6 rings (SSSR count). The fourth-order valence-corrected chi connectivity index (χ4v) is 4.49. The lowest BCUT2D eigenvalue weighted by atomic mass is 10.1. The Labute approximate surface area is 190 Å². The molecule has 0 saturated heterocycles. The average molecular weight is 445 g/mol. The van der Waals surface area contributed by atoms with Crippen LogP contribution in [0.25, 0.3) is 16.6 Å². The predicted molar refractivity (Wildman–Crippen MR) is 126 cm³/mol. The van der Waals surface area contributed by atoms with E-state index in [-0.39, 0.29) is 11.6 Å². The lowest BCUT2D eigenvalue weighted by Gasteiger charge is -2.17. The van der Waals surface area contributed by atoms with Crippen molar-refractivity contribution in [1.29, 1.82) is 0 Å². The molecule has 1 saturated carbocycles. The summed E-state index contributed by atoms with van der Waals surface area (Å²) in [5.41, 5.74) is 3.65. The minimum atomic E-state index is -1.58. The Morgan fingerprint density at radius 2 is 1.91 bits per heavy atom. The van der Waals surface area contributed by atoms with Gasteiger partial charge < -0.3 is 10.6 Å². The van der Waals surface area contributed by atoms with Gasteiger partial charge in [-0.25, -0.2) is 18.7 Å². The summed E-state index contributed by atoms with van der Waals surface area (Å²) in [4.78, 5) is 22.0. The van der Waals surface area contributed by atoms with Gasteiger partial charge in [0.05, 0.1) is 28.3 Å². The Balaban J connectivity index is 1.48. The maximum atomic E-state index is 14.6. The van der Waals surface area contributed by atoms with Crippen molar-refractivity contribution in [2.45, 2.75) is 51.5 Å². The van der Waals surface area contributed by atoms with Gasteiger partial charge in [0.25, 0.3) is 5.56 Å². The molecule has 7 nitrogen and oxygen atoms in total. The summed E-state index contributed by atoms with van der Waals surface area (Å²) in [6.45, 7) is 4.72. The Morgan fingerprint density at radius 1 is 1.09 bits per heavy atom. The summed E-state index contributed by atoms with van der Waals surface area (Å²) in [7, 11) is 0. The van der Waals surface area contributed by atoms with Crippen molar-refractivity contribution in [3.8, 4) is 5.69 Å². The summed E-state index contributed by atoms with van der Waals surface area (Å²) >= 11 is 0. The summed E-state index contributed by atoms with van der Waals surface area (Å²) in [5.74, 6) is 0.648. The monoisotopic (exact) mass is 444 g/mol. The fourth-order valence-electron chi connectivity index (χ4n) is 4.49. The number of nitrogens with one attached hydrogen (secondary N) is 2. The van der Waals surface area contributed by atoms with Crippen LogP contribution in [0.15, 0.2) is 53.6 Å². The normalized spacial score (nSPS) is 15.7. The predicted octanol–water partition coefficient (Wildman–Crippen LogP) is 4.47. The maximum Gasteiger partial charge on any atom is 0.276 e. The molecule has 1 fully saturated rings. The summed E-state index contributed by atoms with van der Waals surface area (Å²) < 4.78 is 18.3. The molecule has 2 aliphatic rings. The number of fused-ring (bicyclic) bond motifs is 2. The molecule has 0 unspecified atom stereocenters. The number of rotatable bonds is 5. The first kappa shape index (κ1) is 20.1. The zero-order chi connectivity index (χ0) is 22.7. The first-order chi connectivity index (χ1) is 15.9. The zero-order valence-corrected chi connectivity index (χ0v) is 18.6. The van der Waals surface area contributed by atoms with Crippen LogP contribution in [0.1, 0.15) is 49.6 Å². The fraction of sp³-hybridized carbons (Fsp3) is 0.320. The van der Waals surface area contributed by atoms with E-state index in [1.165, 1.54) is 25.0 Å². The molecular formula is C25H25FN6O. The Morgan fingerprint density at radius 3 is 2.70 bits per heavy atom. The van der Waals surface area contributed by atoms with Gasteiger partial charge >= 0.3 is 0 Å². The number of halogens is 1. The van der Waals surface area contributed by atoms with E-state index >= 15 is 0 Å². The third-order valence-electron chi connectivity index (χ3n) is 6.36. The number of aromatic nitrogens is 4. The second-order valence-electron chi connectivity index (χ2n) is 9.36. The molecule has 8 heteroatoms. The molecular weight excluding hydrogens is 419 g/mol. The van der Waals surface area contributed by atoms with Crippen LogP contribution in [0.4, 0.5) is 15.9 Å². The van der Waals surface area contributed by atoms with Gasteiger partial charge in [0.2, 0.25) is 0 Å². The molecule has 4 aromatic rings. The van der Waals surface area contributed by atoms with Crippen LogP contribution < -0.4 is 16.2 Å². The smallest absolute Gasteiger partial charge is 0.276 e. The average Bonchev–Trinajstić information content (AvgIpc) is 3.45. The van der Waals surface area contributed by atoms with E-state index in [9.17, 15) is 9.18 Å². The van der Waals surface area contributed by atoms with E-state index in [1.54, 1.807) is 23.1 Å². The minimum absolute atomic E-state index is 0.0759. The first-order valence-corrected chi connectivity index (χ1v) is 11.3. The first-order valence-electron chi connectivity index (χ1n) is 11.3. The van der Waals surface area contributed by atoms with E-state index in [0.29, 0.717) is 22.6 Å². The van der Waals surface area contributed by atoms with Crippen molar-refractivity contribution in [3.05, 3.63) is 76.0 Å². The standard InChI is InChI=1S/C25H25FN6O/c1-25(2,26)22-10-19(7-8-28-22)31-21-11-23(29-14-20(21)24(33)32(31)18-5-6-18)30-17-4-3-15-12-27-13-16(15)9-17/h3-4,7-11,14,18,27H,5-6,12-13H2,1-2H3,(H,29,30). The molecule has 0 radical (unpaired) electrons. The highest BCUT2D eigenvalue weighted by Gasteiger charge is 2.31. The number of benzene rings is 1. The van der Waals surface area contributed by atoms with E-state index in [1.807, 2.05) is 22.9 Å². The van der Waals surface area contributed by atoms with Crippen LogP contribution in [0, 0.1) is 0 Å². The van der Waals surface area contributed by atoms with Crippen LogP contribution in [-0.2, 0) is 18.8 Å². The quantitative estimate of drug-likeness (QED) is 0.475. The molecule has 4 heterocycles. The van der Waals surface area contributed by atoms with Crippen LogP contribution in [0.3, 0.4) is 0 Å². The number of alkyl halides is 1. The number of pyridine rings is 2. The van der Waals surface area contributed by atoms with E-state index in [0.717, 1.165) is 37.1 Å². The molecule has 0 spiro atoms. The summed E-state index contributed by atoms with van der Waals surface area (Å²) in [5, 5.41) is 7.28. The van der Waals surface area contributed by atoms with E-state index in [2.05, 4.69) is 32.7 Å². The van der Waals surface area contributed by atoms with Gasteiger partial charge in [-0.1, -0.05) is 6.07 Å². The maximum absolute atomic E-state index is 14.6. The van der Waals surface area contributed by atoms with Gasteiger partial charge in [0.1, 0.15) is 11.5 Å². The van der Waals surface area contributed by atoms with Gasteiger partial charge in [-0.2, -0.15) is 0 Å². The van der Waals surface area contributed by atoms with Gasteiger partial charge in [-0.3, -0.25) is 9.78 Å². The van der Waals surface area contributed by atoms with Crippen LogP contribution >= 0.6 is 0 Å². The van der Waals surface area contributed by atoms with Gasteiger partial charge in [-0.15, -0.1) is 0 Å². The second-order valence-corrected chi connectivity index (χ2v) is 9.36. The second kappa shape index (κ2) is 7.25. The van der Waals surface area contributed by atoms with E-state index < -0.39 is 5.67 Å². The van der Waals surface area contributed by atoms with Crippen molar-refractivity contribution >= 4 is 22.4 Å². The van der Waals surface area contributed by atoms with Gasteiger partial charge in [0, 0.05) is 37.2 Å². The zero-order valence-electron chi connectivity index (χ0n) is 18.6.